The molecule has 9 heteroatoms. The maximum Gasteiger partial charge on any atom is 0.373 e. The summed E-state index contributed by atoms with van der Waals surface area (Å²) in [5, 5.41) is 10.6. The summed E-state index contributed by atoms with van der Waals surface area (Å²) in [5.41, 5.74) is 2.90. The predicted octanol–water partition coefficient (Wildman–Crippen LogP) is 2.45. The van der Waals surface area contributed by atoms with Crippen LogP contribution in [0.3, 0.4) is 0 Å². The quantitative estimate of drug-likeness (QED) is 0.526. The molecule has 0 unspecified atom stereocenters. The summed E-state index contributed by atoms with van der Waals surface area (Å²) in [6, 6.07) is 5.74. The number of hydrogen-bond acceptors (Lipinski definition) is 9. The van der Waals surface area contributed by atoms with Gasteiger partial charge >= 0.3 is 5.97 Å². The molecule has 0 aromatic carbocycles. The predicted molar refractivity (Wildman–Crippen MR) is 112 cm³/mol. The molecule has 2 aliphatic heterocycles. The highest BCUT2D eigenvalue weighted by Gasteiger charge is 2.27. The van der Waals surface area contributed by atoms with Gasteiger partial charge in [-0.1, -0.05) is 11.8 Å². The largest absolute Gasteiger partial charge is 0.463 e. The number of ether oxygens (including phenoxy) is 2. The van der Waals surface area contributed by atoms with E-state index in [1.165, 1.54) is 18.9 Å². The lowest BCUT2D eigenvalue weighted by Gasteiger charge is -2.34. The molecule has 30 heavy (non-hydrogen) atoms. The van der Waals surface area contributed by atoms with Crippen molar-refractivity contribution in [3.63, 3.8) is 0 Å². The van der Waals surface area contributed by atoms with Crippen molar-refractivity contribution in [1.29, 1.82) is 5.26 Å². The number of anilines is 1. The average Bonchev–Trinajstić information content (AvgIpc) is 3.26. The SMILES string of the molecule is COC(=O)c1ccc(CSc2nc(N3CCOCC3)c3c(c2C#N)CCN(C)C3)o1. The Balaban J connectivity index is 1.65. The lowest BCUT2D eigenvalue weighted by Crippen LogP contribution is -2.39. The molecular formula is C21H24N4O4S. The topological polar surface area (TPSA) is 91.8 Å². The summed E-state index contributed by atoms with van der Waals surface area (Å²) in [6.45, 7) is 4.64. The van der Waals surface area contributed by atoms with Gasteiger partial charge in [0.25, 0.3) is 0 Å². The standard InChI is InChI=1S/C21H24N4O4S/c1-24-6-5-15-16(11-22)20(30-13-14-3-4-18(29-14)21(26)27-2)23-19(17(15)12-24)25-7-9-28-10-8-25/h3-4H,5-10,12-13H2,1-2H3. The molecule has 0 radical (unpaired) electrons. The van der Waals surface area contributed by atoms with Crippen molar-refractivity contribution in [3.05, 3.63) is 40.3 Å². The number of likely N-dealkylation sites (N-methyl/N-ethyl adjacent to an activating group) is 1. The van der Waals surface area contributed by atoms with Crippen LogP contribution in [0.15, 0.2) is 21.6 Å². The number of aromatic nitrogens is 1. The van der Waals surface area contributed by atoms with Crippen molar-refractivity contribution in [1.82, 2.24) is 9.88 Å². The van der Waals surface area contributed by atoms with E-state index in [9.17, 15) is 10.1 Å². The number of furan rings is 1. The van der Waals surface area contributed by atoms with E-state index in [2.05, 4.69) is 27.7 Å². The van der Waals surface area contributed by atoms with Gasteiger partial charge in [0.15, 0.2) is 0 Å². The van der Waals surface area contributed by atoms with Gasteiger partial charge in [0.2, 0.25) is 5.76 Å². The number of pyridine rings is 1. The molecule has 4 rings (SSSR count). The van der Waals surface area contributed by atoms with Crippen LogP contribution in [0, 0.1) is 11.3 Å². The molecular weight excluding hydrogens is 404 g/mol. The highest BCUT2D eigenvalue weighted by atomic mass is 32.2. The summed E-state index contributed by atoms with van der Waals surface area (Å²) in [5.74, 6) is 1.73. The Hall–Kier alpha value is -2.54. The number of morpholine rings is 1. The maximum atomic E-state index is 11.6. The number of hydrogen-bond donors (Lipinski definition) is 0. The van der Waals surface area contributed by atoms with Crippen LogP contribution in [0.2, 0.25) is 0 Å². The van der Waals surface area contributed by atoms with Gasteiger partial charge in [0, 0.05) is 31.7 Å². The van der Waals surface area contributed by atoms with Crippen LogP contribution in [0.25, 0.3) is 0 Å². The van der Waals surface area contributed by atoms with Crippen LogP contribution in [0.4, 0.5) is 5.82 Å². The summed E-state index contributed by atoms with van der Waals surface area (Å²) < 4.78 is 15.8. The number of thioether (sulfide) groups is 1. The van der Waals surface area contributed by atoms with Crippen molar-refractivity contribution >= 4 is 23.5 Å². The Labute approximate surface area is 179 Å². The summed E-state index contributed by atoms with van der Waals surface area (Å²) in [7, 11) is 3.41. The van der Waals surface area contributed by atoms with Gasteiger partial charge in [0.1, 0.15) is 22.7 Å². The molecule has 8 nitrogen and oxygen atoms in total. The minimum absolute atomic E-state index is 0.170. The van der Waals surface area contributed by atoms with Crippen LogP contribution < -0.4 is 4.90 Å². The molecule has 158 valence electrons. The van der Waals surface area contributed by atoms with Crippen LogP contribution in [0.1, 0.15) is 33.0 Å². The van der Waals surface area contributed by atoms with E-state index in [1.807, 2.05) is 0 Å². The average molecular weight is 429 g/mol. The Morgan fingerprint density at radius 2 is 2.10 bits per heavy atom. The van der Waals surface area contributed by atoms with E-state index in [4.69, 9.17) is 14.1 Å². The van der Waals surface area contributed by atoms with E-state index in [0.29, 0.717) is 35.3 Å². The third-order valence-corrected chi connectivity index (χ3v) is 6.35. The van der Waals surface area contributed by atoms with Crippen LogP contribution in [0.5, 0.6) is 0 Å². The number of carbonyl (C=O) groups is 1. The zero-order chi connectivity index (χ0) is 21.1. The van der Waals surface area contributed by atoms with Crippen molar-refractivity contribution in [2.75, 3.05) is 51.9 Å². The minimum Gasteiger partial charge on any atom is -0.463 e. The molecule has 0 amide bonds. The second-order valence-corrected chi connectivity index (χ2v) is 8.28. The summed E-state index contributed by atoms with van der Waals surface area (Å²) in [6.07, 6.45) is 0.829. The van der Waals surface area contributed by atoms with Crippen LogP contribution in [-0.2, 0) is 28.2 Å². The molecule has 1 fully saturated rings. The van der Waals surface area contributed by atoms with E-state index in [-0.39, 0.29) is 5.76 Å². The molecule has 0 bridgehead atoms. The Morgan fingerprint density at radius 1 is 1.30 bits per heavy atom. The number of esters is 1. The third-order valence-electron chi connectivity index (χ3n) is 5.35. The fourth-order valence-electron chi connectivity index (χ4n) is 3.79. The number of carbonyl (C=O) groups excluding carboxylic acids is 1. The molecule has 2 aromatic rings. The zero-order valence-corrected chi connectivity index (χ0v) is 18.0. The molecule has 2 aliphatic rings. The first kappa shape index (κ1) is 20.7. The summed E-state index contributed by atoms with van der Waals surface area (Å²) >= 11 is 1.46. The van der Waals surface area contributed by atoms with Crippen molar-refractivity contribution < 1.29 is 18.7 Å². The Bertz CT molecular complexity index is 978. The second-order valence-electron chi connectivity index (χ2n) is 7.32. The van der Waals surface area contributed by atoms with Gasteiger partial charge in [-0.3, -0.25) is 0 Å². The number of fused-ring (bicyclic) bond motifs is 1. The fourth-order valence-corrected chi connectivity index (χ4v) is 4.69. The molecule has 4 heterocycles. The van der Waals surface area contributed by atoms with E-state index in [1.54, 1.807) is 12.1 Å². The number of methoxy groups -OCH3 is 1. The number of nitrogens with zero attached hydrogens (tertiary/aromatic N) is 4. The maximum absolute atomic E-state index is 11.6. The van der Waals surface area contributed by atoms with Crippen LogP contribution >= 0.6 is 11.8 Å². The fraction of sp³-hybridized carbons (Fsp3) is 0.476. The molecule has 0 spiro atoms. The number of nitriles is 1. The highest BCUT2D eigenvalue weighted by Crippen LogP contribution is 2.36. The van der Waals surface area contributed by atoms with E-state index in [0.717, 1.165) is 49.5 Å². The highest BCUT2D eigenvalue weighted by molar-refractivity contribution is 7.98. The lowest BCUT2D eigenvalue weighted by atomic mass is 9.96. The van der Waals surface area contributed by atoms with Crippen LogP contribution in [-0.4, -0.2) is 62.9 Å². The molecule has 0 N–H and O–H groups in total. The van der Waals surface area contributed by atoms with Crippen molar-refractivity contribution in [2.45, 2.75) is 23.7 Å². The third kappa shape index (κ3) is 4.17. The Morgan fingerprint density at radius 3 is 2.83 bits per heavy atom. The van der Waals surface area contributed by atoms with Crippen molar-refractivity contribution in [3.8, 4) is 6.07 Å². The van der Waals surface area contributed by atoms with Gasteiger partial charge in [0.05, 0.1) is 31.6 Å². The smallest absolute Gasteiger partial charge is 0.373 e. The normalized spacial score (nSPS) is 16.8. The van der Waals surface area contributed by atoms with E-state index < -0.39 is 5.97 Å². The first-order chi connectivity index (χ1) is 14.6. The molecule has 0 saturated carbocycles. The summed E-state index contributed by atoms with van der Waals surface area (Å²) in [4.78, 5) is 21.1. The Kier molecular flexibility index (Phi) is 6.27. The molecule has 1 saturated heterocycles. The molecule has 2 aromatic heterocycles. The lowest BCUT2D eigenvalue weighted by molar-refractivity contribution is 0.0563. The second kappa shape index (κ2) is 9.08. The monoisotopic (exact) mass is 428 g/mol. The van der Waals surface area contributed by atoms with E-state index >= 15 is 0 Å². The minimum atomic E-state index is -0.505. The van der Waals surface area contributed by atoms with Gasteiger partial charge in [-0.2, -0.15) is 5.26 Å². The zero-order valence-electron chi connectivity index (χ0n) is 17.1. The van der Waals surface area contributed by atoms with Gasteiger partial charge in [-0.05, 0) is 31.2 Å². The number of rotatable bonds is 5. The van der Waals surface area contributed by atoms with Gasteiger partial charge in [-0.25, -0.2) is 9.78 Å². The molecule has 0 atom stereocenters. The van der Waals surface area contributed by atoms with Gasteiger partial charge in [-0.15, -0.1) is 0 Å². The molecule has 0 aliphatic carbocycles. The van der Waals surface area contributed by atoms with Crippen molar-refractivity contribution in [2.24, 2.45) is 0 Å². The first-order valence-electron chi connectivity index (χ1n) is 9.87. The first-order valence-corrected chi connectivity index (χ1v) is 10.9. The van der Waals surface area contributed by atoms with Gasteiger partial charge < -0.3 is 23.7 Å².